The van der Waals surface area contributed by atoms with Crippen molar-refractivity contribution in [3.05, 3.63) is 59.4 Å². The number of hydrogen-bond donors (Lipinski definition) is 0. The molecule has 0 bridgehead atoms. The van der Waals surface area contributed by atoms with Crippen LogP contribution in [0.4, 0.5) is 23.4 Å². The molecule has 3 aromatic rings. The van der Waals surface area contributed by atoms with Crippen LogP contribution in [0.25, 0.3) is 22.0 Å². The summed E-state index contributed by atoms with van der Waals surface area (Å²) < 4.78 is 63.6. The van der Waals surface area contributed by atoms with Crippen molar-refractivity contribution in [2.24, 2.45) is 0 Å². The number of piperidine rings is 1. The topological polar surface area (TPSA) is 61.8 Å². The molecule has 3 heterocycles. The minimum absolute atomic E-state index is 0.0783. The van der Waals surface area contributed by atoms with Gasteiger partial charge in [-0.1, -0.05) is 42.8 Å². The molecular weight excluding hydrogens is 562 g/mol. The maximum Gasteiger partial charge on any atom is 0.417 e. The Balaban J connectivity index is 1.56. The highest BCUT2D eigenvalue weighted by atomic mass is 35.5. The van der Waals surface area contributed by atoms with Crippen molar-refractivity contribution >= 4 is 34.2 Å². The first-order valence-electron chi connectivity index (χ1n) is 13.5. The van der Waals surface area contributed by atoms with Crippen LogP contribution in [0.3, 0.4) is 0 Å². The Labute approximate surface area is 240 Å². The first kappa shape index (κ1) is 29.1. The van der Waals surface area contributed by atoms with Gasteiger partial charge in [-0.25, -0.2) is 4.39 Å². The van der Waals surface area contributed by atoms with E-state index in [1.165, 1.54) is 36.8 Å². The standard InChI is InChI=1S/C29H30ClF4N5O2/c1-2-23(40)38-12-14-39(15-13-38)27-20-18-22(30)24(19-8-4-5-9-21(19)29(32,33)34)25(31)26(20)35-28(36-27)41-17-16-37-10-6-3-7-11-37/h2,4-5,8-9,18H,1,3,6-7,10-17H2. The van der Waals surface area contributed by atoms with Crippen molar-refractivity contribution in [3.8, 4) is 17.1 Å². The van der Waals surface area contributed by atoms with Crippen LogP contribution in [-0.2, 0) is 11.0 Å². The van der Waals surface area contributed by atoms with Crippen LogP contribution in [0.2, 0.25) is 5.02 Å². The van der Waals surface area contributed by atoms with Gasteiger partial charge in [-0.05, 0) is 49.7 Å². The highest BCUT2D eigenvalue weighted by Crippen LogP contribution is 2.43. The zero-order valence-corrected chi connectivity index (χ0v) is 23.1. The van der Waals surface area contributed by atoms with E-state index >= 15 is 4.39 Å². The van der Waals surface area contributed by atoms with Crippen molar-refractivity contribution in [3.63, 3.8) is 0 Å². The van der Waals surface area contributed by atoms with E-state index in [0.717, 1.165) is 32.0 Å². The number of carbonyl (C=O) groups excluding carboxylic acids is 1. The fourth-order valence-electron chi connectivity index (χ4n) is 5.38. The summed E-state index contributed by atoms with van der Waals surface area (Å²) in [7, 11) is 0. The average Bonchev–Trinajstić information content (AvgIpc) is 2.97. The minimum atomic E-state index is -4.72. The number of likely N-dealkylation sites (tertiary alicyclic amines) is 1. The second-order valence-corrected chi connectivity index (χ2v) is 10.5. The van der Waals surface area contributed by atoms with Gasteiger partial charge in [0.2, 0.25) is 5.91 Å². The Morgan fingerprint density at radius 1 is 1.05 bits per heavy atom. The normalized spacial score (nSPS) is 16.7. The fourth-order valence-corrected chi connectivity index (χ4v) is 5.67. The SMILES string of the molecule is C=CC(=O)N1CCN(c2nc(OCCN3CCCCC3)nc3c(F)c(-c4ccccc4C(F)(F)F)c(Cl)cc23)CC1. The van der Waals surface area contributed by atoms with Crippen LogP contribution in [0, 0.1) is 5.82 Å². The number of piperazine rings is 1. The molecule has 2 aliphatic heterocycles. The van der Waals surface area contributed by atoms with Gasteiger partial charge in [0.25, 0.3) is 0 Å². The summed E-state index contributed by atoms with van der Waals surface area (Å²) in [5, 5.41) is 0.0448. The molecule has 7 nitrogen and oxygen atoms in total. The number of anilines is 1. The van der Waals surface area contributed by atoms with Crippen molar-refractivity contribution in [1.82, 2.24) is 19.8 Å². The molecule has 2 fully saturated rings. The molecule has 0 saturated carbocycles. The maximum atomic E-state index is 16.2. The lowest BCUT2D eigenvalue weighted by atomic mass is 9.97. The van der Waals surface area contributed by atoms with E-state index in [9.17, 15) is 18.0 Å². The number of amides is 1. The number of nitrogens with zero attached hydrogens (tertiary/aromatic N) is 5. The van der Waals surface area contributed by atoms with Crippen molar-refractivity contribution in [2.45, 2.75) is 25.4 Å². The number of hydrogen-bond acceptors (Lipinski definition) is 6. The van der Waals surface area contributed by atoms with E-state index < -0.39 is 23.1 Å². The van der Waals surface area contributed by atoms with Crippen LogP contribution >= 0.6 is 11.6 Å². The third-order valence-corrected chi connectivity index (χ3v) is 7.80. The van der Waals surface area contributed by atoms with E-state index in [1.54, 1.807) is 4.90 Å². The number of rotatable bonds is 7. The second-order valence-electron chi connectivity index (χ2n) is 10.1. The van der Waals surface area contributed by atoms with Gasteiger partial charge in [0.1, 0.15) is 17.9 Å². The van der Waals surface area contributed by atoms with Gasteiger partial charge in [-0.3, -0.25) is 9.69 Å². The summed E-state index contributed by atoms with van der Waals surface area (Å²) in [5.74, 6) is -0.847. The number of benzene rings is 2. The van der Waals surface area contributed by atoms with E-state index in [1.807, 2.05) is 4.90 Å². The van der Waals surface area contributed by atoms with E-state index in [-0.39, 0.29) is 40.0 Å². The number of fused-ring (bicyclic) bond motifs is 1. The molecule has 1 amide bonds. The summed E-state index contributed by atoms with van der Waals surface area (Å²) in [6.45, 7) is 7.92. The first-order chi connectivity index (χ1) is 19.7. The molecule has 0 spiro atoms. The molecule has 218 valence electrons. The minimum Gasteiger partial charge on any atom is -0.462 e. The molecule has 41 heavy (non-hydrogen) atoms. The number of alkyl halides is 3. The Kier molecular flexibility index (Phi) is 8.65. The fraction of sp³-hybridized carbons (Fsp3) is 0.414. The molecule has 0 radical (unpaired) electrons. The molecule has 2 saturated heterocycles. The highest BCUT2D eigenvalue weighted by Gasteiger charge is 2.35. The van der Waals surface area contributed by atoms with Crippen LogP contribution in [0.1, 0.15) is 24.8 Å². The molecule has 1 aromatic heterocycles. The van der Waals surface area contributed by atoms with Gasteiger partial charge in [-0.15, -0.1) is 0 Å². The lowest BCUT2D eigenvalue weighted by Crippen LogP contribution is -2.48. The van der Waals surface area contributed by atoms with Crippen LogP contribution in [0.5, 0.6) is 6.01 Å². The number of halogens is 5. The van der Waals surface area contributed by atoms with Crippen molar-refractivity contribution in [2.75, 3.05) is 57.3 Å². The van der Waals surface area contributed by atoms with Crippen LogP contribution in [-0.4, -0.2) is 78.1 Å². The highest BCUT2D eigenvalue weighted by molar-refractivity contribution is 6.34. The van der Waals surface area contributed by atoms with Gasteiger partial charge in [0.15, 0.2) is 5.82 Å². The lowest BCUT2D eigenvalue weighted by Gasteiger charge is -2.35. The number of aromatic nitrogens is 2. The average molecular weight is 592 g/mol. The predicted octanol–water partition coefficient (Wildman–Crippen LogP) is 5.81. The molecular formula is C29H30ClF4N5O2. The zero-order valence-electron chi connectivity index (χ0n) is 22.4. The predicted molar refractivity (Wildman–Crippen MR) is 150 cm³/mol. The molecule has 2 aromatic carbocycles. The summed E-state index contributed by atoms with van der Waals surface area (Å²) in [6, 6.07) is 6.04. The molecule has 0 aliphatic carbocycles. The summed E-state index contributed by atoms with van der Waals surface area (Å²) in [5.41, 5.74) is -1.97. The third-order valence-electron chi connectivity index (χ3n) is 7.50. The van der Waals surface area contributed by atoms with Gasteiger partial charge in [-0.2, -0.15) is 23.1 Å². The van der Waals surface area contributed by atoms with Gasteiger partial charge >= 0.3 is 12.2 Å². The summed E-state index contributed by atoms with van der Waals surface area (Å²) in [4.78, 5) is 26.8. The summed E-state index contributed by atoms with van der Waals surface area (Å²) >= 11 is 6.49. The Morgan fingerprint density at radius 3 is 2.44 bits per heavy atom. The molecule has 0 atom stereocenters. The molecule has 5 rings (SSSR count). The molecule has 0 unspecified atom stereocenters. The Hall–Kier alpha value is -3.44. The van der Waals surface area contributed by atoms with Crippen molar-refractivity contribution in [1.29, 1.82) is 0 Å². The lowest BCUT2D eigenvalue weighted by molar-refractivity contribution is -0.137. The molecule has 0 N–H and O–H groups in total. The quantitative estimate of drug-likeness (QED) is 0.255. The number of carbonyl (C=O) groups is 1. The summed E-state index contributed by atoms with van der Waals surface area (Å²) in [6.07, 6.45) is -0.0407. The molecule has 2 aliphatic rings. The largest absolute Gasteiger partial charge is 0.462 e. The van der Waals surface area contributed by atoms with E-state index in [4.69, 9.17) is 16.3 Å². The Morgan fingerprint density at radius 2 is 1.76 bits per heavy atom. The monoisotopic (exact) mass is 591 g/mol. The van der Waals surface area contributed by atoms with Gasteiger partial charge < -0.3 is 14.5 Å². The molecule has 12 heteroatoms. The van der Waals surface area contributed by atoms with Gasteiger partial charge in [0.05, 0.1) is 10.6 Å². The Bertz CT molecular complexity index is 1440. The smallest absolute Gasteiger partial charge is 0.417 e. The van der Waals surface area contributed by atoms with Crippen LogP contribution < -0.4 is 9.64 Å². The van der Waals surface area contributed by atoms with Gasteiger partial charge in [0, 0.05) is 43.7 Å². The van der Waals surface area contributed by atoms with E-state index in [0.29, 0.717) is 38.5 Å². The van der Waals surface area contributed by atoms with E-state index in [2.05, 4.69) is 21.4 Å². The maximum absolute atomic E-state index is 16.2. The number of ether oxygens (including phenoxy) is 1. The second kappa shape index (κ2) is 12.2. The van der Waals surface area contributed by atoms with Crippen LogP contribution in [0.15, 0.2) is 43.0 Å². The van der Waals surface area contributed by atoms with Crippen molar-refractivity contribution < 1.29 is 27.1 Å². The first-order valence-corrected chi connectivity index (χ1v) is 13.9. The third kappa shape index (κ3) is 6.25. The zero-order chi connectivity index (χ0) is 29.1.